The van der Waals surface area contributed by atoms with E-state index in [2.05, 4.69) is 79.2 Å². The summed E-state index contributed by atoms with van der Waals surface area (Å²) in [6, 6.07) is 18.4. The van der Waals surface area contributed by atoms with Gasteiger partial charge in [0.25, 0.3) is 0 Å². The molecule has 0 unspecified atom stereocenters. The highest BCUT2D eigenvalue weighted by Gasteiger charge is 2.31. The molecule has 0 spiro atoms. The zero-order chi connectivity index (χ0) is 17.6. The van der Waals surface area contributed by atoms with Gasteiger partial charge in [-0.2, -0.15) is 0 Å². The summed E-state index contributed by atoms with van der Waals surface area (Å²) in [6.45, 7) is 9.01. The average Bonchev–Trinajstić information content (AvgIpc) is 2.67. The summed E-state index contributed by atoms with van der Waals surface area (Å²) in [5, 5.41) is 0. The van der Waals surface area contributed by atoms with Crippen molar-refractivity contribution in [1.29, 1.82) is 0 Å². The maximum Gasteiger partial charge on any atom is 0.0608 e. The van der Waals surface area contributed by atoms with Gasteiger partial charge in [0.15, 0.2) is 0 Å². The standard InChI is InChI=1S/C19H22N2.C4H10/c1-20-10-12-21(13-11-20)19-17-8-4-2-6-15(17)14-16-7-3-5-9-18(16)19;1-3-4-2/h2-9,19H,10-14H2,1H3;3-4H2,1-2H3. The van der Waals surface area contributed by atoms with Crippen LogP contribution < -0.4 is 0 Å². The molecule has 134 valence electrons. The predicted molar refractivity (Wildman–Crippen MR) is 107 cm³/mol. The summed E-state index contributed by atoms with van der Waals surface area (Å²) in [5.41, 5.74) is 6.03. The molecule has 2 aromatic carbocycles. The van der Waals surface area contributed by atoms with Crippen LogP contribution in [-0.4, -0.2) is 43.0 Å². The van der Waals surface area contributed by atoms with Gasteiger partial charge in [0.1, 0.15) is 0 Å². The first-order valence-electron chi connectivity index (χ1n) is 9.82. The van der Waals surface area contributed by atoms with Gasteiger partial charge in [-0.3, -0.25) is 4.90 Å². The van der Waals surface area contributed by atoms with Gasteiger partial charge in [0.05, 0.1) is 6.04 Å². The highest BCUT2D eigenvalue weighted by atomic mass is 15.3. The van der Waals surface area contributed by atoms with E-state index in [-0.39, 0.29) is 0 Å². The van der Waals surface area contributed by atoms with Crippen molar-refractivity contribution in [3.8, 4) is 0 Å². The molecule has 2 heteroatoms. The smallest absolute Gasteiger partial charge is 0.0608 e. The van der Waals surface area contributed by atoms with E-state index in [4.69, 9.17) is 0 Å². The van der Waals surface area contributed by atoms with Crippen LogP contribution in [0.3, 0.4) is 0 Å². The Bertz CT molecular complexity index is 624. The SMILES string of the molecule is CCCC.CN1CCN(C2c3ccccc3Cc3ccccc32)CC1. The second kappa shape index (κ2) is 8.64. The lowest BCUT2D eigenvalue weighted by atomic mass is 9.81. The number of hydrogen-bond acceptors (Lipinski definition) is 2. The Balaban J connectivity index is 0.000000415. The van der Waals surface area contributed by atoms with Crippen LogP contribution in [0.2, 0.25) is 0 Å². The van der Waals surface area contributed by atoms with Crippen molar-refractivity contribution in [2.45, 2.75) is 39.2 Å². The van der Waals surface area contributed by atoms with E-state index < -0.39 is 0 Å². The summed E-state index contributed by atoms with van der Waals surface area (Å²) < 4.78 is 0. The molecule has 2 aliphatic rings. The third-order valence-electron chi connectivity index (χ3n) is 5.48. The van der Waals surface area contributed by atoms with Gasteiger partial charge in [0, 0.05) is 26.2 Å². The lowest BCUT2D eigenvalue weighted by Crippen LogP contribution is -2.47. The molecule has 0 atom stereocenters. The molecule has 0 amide bonds. The molecule has 0 aromatic heterocycles. The van der Waals surface area contributed by atoms with Crippen LogP contribution in [0.25, 0.3) is 0 Å². The Kier molecular flexibility index (Phi) is 6.28. The molecule has 0 radical (unpaired) electrons. The molecule has 1 heterocycles. The van der Waals surface area contributed by atoms with Gasteiger partial charge >= 0.3 is 0 Å². The average molecular weight is 337 g/mol. The minimum absolute atomic E-state index is 0.444. The molecule has 2 aromatic rings. The first kappa shape index (κ1) is 18.2. The van der Waals surface area contributed by atoms with Crippen molar-refractivity contribution < 1.29 is 0 Å². The Hall–Kier alpha value is -1.64. The fraction of sp³-hybridized carbons (Fsp3) is 0.478. The fourth-order valence-electron chi connectivity index (χ4n) is 3.77. The van der Waals surface area contributed by atoms with Crippen LogP contribution in [0, 0.1) is 0 Å². The maximum atomic E-state index is 2.66. The Morgan fingerprint density at radius 2 is 1.24 bits per heavy atom. The highest BCUT2D eigenvalue weighted by molar-refractivity contribution is 5.48. The molecule has 0 N–H and O–H groups in total. The minimum Gasteiger partial charge on any atom is -0.304 e. The summed E-state index contributed by atoms with van der Waals surface area (Å²) in [5.74, 6) is 0. The molecule has 1 aliphatic heterocycles. The lowest BCUT2D eigenvalue weighted by Gasteiger charge is -2.41. The fourth-order valence-corrected chi connectivity index (χ4v) is 3.77. The van der Waals surface area contributed by atoms with Crippen LogP contribution in [0.4, 0.5) is 0 Å². The minimum atomic E-state index is 0.444. The summed E-state index contributed by atoms with van der Waals surface area (Å²) >= 11 is 0. The van der Waals surface area contributed by atoms with E-state index in [9.17, 15) is 0 Å². The number of rotatable bonds is 2. The molecule has 0 bridgehead atoms. The molecular weight excluding hydrogens is 304 g/mol. The summed E-state index contributed by atoms with van der Waals surface area (Å²) in [4.78, 5) is 5.09. The van der Waals surface area contributed by atoms with E-state index >= 15 is 0 Å². The second-order valence-electron chi connectivity index (χ2n) is 7.32. The molecular formula is C23H32N2. The normalized spacial score (nSPS) is 18.0. The summed E-state index contributed by atoms with van der Waals surface area (Å²) in [6.07, 6.45) is 3.72. The molecule has 2 nitrogen and oxygen atoms in total. The Morgan fingerprint density at radius 1 is 0.760 bits per heavy atom. The first-order valence-corrected chi connectivity index (χ1v) is 9.82. The van der Waals surface area contributed by atoms with Gasteiger partial charge in [-0.05, 0) is 35.7 Å². The highest BCUT2D eigenvalue weighted by Crippen LogP contribution is 2.38. The van der Waals surface area contributed by atoms with E-state index in [1.165, 1.54) is 48.2 Å². The number of hydrogen-bond donors (Lipinski definition) is 0. The van der Waals surface area contributed by atoms with Gasteiger partial charge < -0.3 is 4.90 Å². The molecule has 4 rings (SSSR count). The Labute approximate surface area is 153 Å². The second-order valence-corrected chi connectivity index (χ2v) is 7.32. The maximum absolute atomic E-state index is 2.66. The number of benzene rings is 2. The monoisotopic (exact) mass is 336 g/mol. The van der Waals surface area contributed by atoms with Gasteiger partial charge in [-0.15, -0.1) is 0 Å². The van der Waals surface area contributed by atoms with E-state index in [1.807, 2.05) is 0 Å². The van der Waals surface area contributed by atoms with Crippen molar-refractivity contribution in [2.75, 3.05) is 33.2 Å². The van der Waals surface area contributed by atoms with Crippen LogP contribution in [0.1, 0.15) is 55.0 Å². The van der Waals surface area contributed by atoms with Crippen molar-refractivity contribution in [3.63, 3.8) is 0 Å². The topological polar surface area (TPSA) is 6.48 Å². The van der Waals surface area contributed by atoms with Gasteiger partial charge in [-0.1, -0.05) is 75.2 Å². The van der Waals surface area contributed by atoms with Crippen molar-refractivity contribution >= 4 is 0 Å². The third-order valence-corrected chi connectivity index (χ3v) is 5.48. The predicted octanol–water partition coefficient (Wildman–Crippen LogP) is 4.73. The van der Waals surface area contributed by atoms with Crippen LogP contribution in [-0.2, 0) is 6.42 Å². The summed E-state index contributed by atoms with van der Waals surface area (Å²) in [7, 11) is 2.22. The third kappa shape index (κ3) is 4.13. The van der Waals surface area contributed by atoms with E-state index in [0.29, 0.717) is 6.04 Å². The number of piperazine rings is 1. The zero-order valence-electron chi connectivity index (χ0n) is 16.0. The number of nitrogens with zero attached hydrogens (tertiary/aromatic N) is 2. The largest absolute Gasteiger partial charge is 0.304 e. The quantitative estimate of drug-likeness (QED) is 0.782. The molecule has 25 heavy (non-hydrogen) atoms. The van der Waals surface area contributed by atoms with Gasteiger partial charge in [0.2, 0.25) is 0 Å². The number of unbranched alkanes of at least 4 members (excludes halogenated alkanes) is 1. The van der Waals surface area contributed by atoms with Crippen molar-refractivity contribution in [2.24, 2.45) is 0 Å². The zero-order valence-corrected chi connectivity index (χ0v) is 16.0. The van der Waals surface area contributed by atoms with Crippen LogP contribution in [0.5, 0.6) is 0 Å². The lowest BCUT2D eigenvalue weighted by molar-refractivity contribution is 0.125. The van der Waals surface area contributed by atoms with E-state index in [0.717, 1.165) is 19.5 Å². The Morgan fingerprint density at radius 3 is 1.72 bits per heavy atom. The van der Waals surface area contributed by atoms with Crippen molar-refractivity contribution in [1.82, 2.24) is 9.80 Å². The first-order chi connectivity index (χ1) is 12.2. The van der Waals surface area contributed by atoms with E-state index in [1.54, 1.807) is 0 Å². The van der Waals surface area contributed by atoms with Crippen molar-refractivity contribution in [3.05, 3.63) is 70.8 Å². The number of likely N-dealkylation sites (N-methyl/N-ethyl adjacent to an activating group) is 1. The molecule has 1 saturated heterocycles. The molecule has 0 saturated carbocycles. The van der Waals surface area contributed by atoms with Crippen LogP contribution in [0.15, 0.2) is 48.5 Å². The van der Waals surface area contributed by atoms with Crippen LogP contribution >= 0.6 is 0 Å². The molecule has 1 aliphatic carbocycles. The number of fused-ring (bicyclic) bond motifs is 2. The molecule has 1 fully saturated rings. The van der Waals surface area contributed by atoms with Gasteiger partial charge in [-0.25, -0.2) is 0 Å².